The van der Waals surface area contributed by atoms with E-state index in [9.17, 15) is 0 Å². The minimum Gasteiger partial charge on any atom is -0.311 e. The molecule has 0 saturated carbocycles. The molecule has 0 heterocycles. The number of hydrogen-bond acceptors (Lipinski definition) is 2. The van der Waals surface area contributed by atoms with Crippen molar-refractivity contribution in [2.45, 2.75) is 55.4 Å². The molecule has 8 aromatic carbocycles. The Labute approximate surface area is 373 Å². The molecule has 0 fully saturated rings. The molecular weight excluding hydrogens is 749 g/mol. The van der Waals surface area contributed by atoms with Gasteiger partial charge in [0.1, 0.15) is 0 Å². The van der Waals surface area contributed by atoms with Crippen molar-refractivity contribution in [2.75, 3.05) is 9.80 Å². The van der Waals surface area contributed by atoms with Crippen LogP contribution < -0.4 is 9.80 Å². The Morgan fingerprint density at radius 3 is 0.597 bits per heavy atom. The standard InChI is InChI=1S/C52H40N2.4C2H6/c1-5-13-47(14-6-1)53(48-15-7-2-8-16-48)51-37-29-43(30-38-51)23-21-41-25-33-45(34-26-41)46-35-27-42(28-36-46)22-24-44-31-39-52(40-32-44)54(49-17-9-3-10-18-49)50-19-11-4-12-20-50;4*1-2/h1-40H;4*1-2H3/b23-21+,24-22+;;;;. The number of hydrogen-bond donors (Lipinski definition) is 0. The minimum absolute atomic E-state index is 1.12. The first-order chi connectivity index (χ1) is 30.8. The summed E-state index contributed by atoms with van der Waals surface area (Å²) < 4.78 is 0. The van der Waals surface area contributed by atoms with Gasteiger partial charge in [0.05, 0.1) is 0 Å². The average Bonchev–Trinajstić information content (AvgIpc) is 3.38. The molecule has 0 radical (unpaired) electrons. The van der Waals surface area contributed by atoms with Crippen LogP contribution in [0.4, 0.5) is 34.1 Å². The van der Waals surface area contributed by atoms with Gasteiger partial charge in [-0.3, -0.25) is 0 Å². The van der Waals surface area contributed by atoms with Crippen LogP contribution in [0, 0.1) is 0 Å². The average molecular weight is 813 g/mol. The van der Waals surface area contributed by atoms with E-state index in [4.69, 9.17) is 0 Å². The summed E-state index contributed by atoms with van der Waals surface area (Å²) in [6.45, 7) is 16.0. The van der Waals surface area contributed by atoms with Gasteiger partial charge in [-0.1, -0.05) is 225 Å². The second-order valence-corrected chi connectivity index (χ2v) is 13.1. The van der Waals surface area contributed by atoms with Gasteiger partial charge in [-0.25, -0.2) is 0 Å². The molecule has 0 unspecified atom stereocenters. The minimum atomic E-state index is 1.12. The zero-order valence-electron chi connectivity index (χ0n) is 38.0. The molecule has 0 aliphatic rings. The van der Waals surface area contributed by atoms with E-state index in [1.807, 2.05) is 55.4 Å². The number of benzene rings is 8. The van der Waals surface area contributed by atoms with Crippen LogP contribution in [0.25, 0.3) is 35.4 Å². The molecule has 0 aliphatic carbocycles. The van der Waals surface area contributed by atoms with E-state index in [-0.39, 0.29) is 0 Å². The molecule has 0 N–H and O–H groups in total. The fourth-order valence-electron chi connectivity index (χ4n) is 6.63. The van der Waals surface area contributed by atoms with Crippen molar-refractivity contribution >= 4 is 58.4 Å². The van der Waals surface area contributed by atoms with Gasteiger partial charge < -0.3 is 9.80 Å². The summed E-state index contributed by atoms with van der Waals surface area (Å²) >= 11 is 0. The summed E-state index contributed by atoms with van der Waals surface area (Å²) in [5.74, 6) is 0. The predicted molar refractivity (Wildman–Crippen MR) is 277 cm³/mol. The highest BCUT2D eigenvalue weighted by Crippen LogP contribution is 2.36. The van der Waals surface area contributed by atoms with Gasteiger partial charge in [0.2, 0.25) is 0 Å². The van der Waals surface area contributed by atoms with Gasteiger partial charge in [-0.2, -0.15) is 0 Å². The third kappa shape index (κ3) is 13.4. The van der Waals surface area contributed by atoms with Crippen LogP contribution >= 0.6 is 0 Å². The lowest BCUT2D eigenvalue weighted by atomic mass is 10.0. The molecule has 0 bridgehead atoms. The first-order valence-corrected chi connectivity index (χ1v) is 22.3. The summed E-state index contributed by atoms with van der Waals surface area (Å²) in [6, 6.07) is 76.9. The van der Waals surface area contributed by atoms with Crippen molar-refractivity contribution in [2.24, 2.45) is 0 Å². The largest absolute Gasteiger partial charge is 0.311 e. The molecule has 0 aliphatic heterocycles. The molecule has 0 aromatic heterocycles. The summed E-state index contributed by atoms with van der Waals surface area (Å²) in [7, 11) is 0. The van der Waals surface area contributed by atoms with E-state index in [0.29, 0.717) is 0 Å². The molecule has 0 atom stereocenters. The molecule has 0 saturated heterocycles. The molecule has 2 heteroatoms. The highest BCUT2D eigenvalue weighted by Gasteiger charge is 2.12. The second-order valence-electron chi connectivity index (χ2n) is 13.1. The lowest BCUT2D eigenvalue weighted by Crippen LogP contribution is -2.09. The lowest BCUT2D eigenvalue weighted by Gasteiger charge is -2.25. The predicted octanol–water partition coefficient (Wildman–Crippen LogP) is 18.7. The Balaban J connectivity index is 0.000001000. The Morgan fingerprint density at radius 2 is 0.387 bits per heavy atom. The summed E-state index contributed by atoms with van der Waals surface area (Å²) in [6.07, 6.45) is 8.69. The highest BCUT2D eigenvalue weighted by atomic mass is 15.1. The zero-order valence-corrected chi connectivity index (χ0v) is 38.0. The van der Waals surface area contributed by atoms with Crippen LogP contribution in [0.2, 0.25) is 0 Å². The van der Waals surface area contributed by atoms with E-state index in [2.05, 4.69) is 252 Å². The third-order valence-electron chi connectivity index (χ3n) is 9.45. The fraction of sp³-hybridized carbons (Fsp3) is 0.133. The van der Waals surface area contributed by atoms with E-state index in [1.54, 1.807) is 0 Å². The van der Waals surface area contributed by atoms with Crippen LogP contribution in [0.1, 0.15) is 77.6 Å². The van der Waals surface area contributed by atoms with E-state index in [1.165, 1.54) is 22.3 Å². The maximum absolute atomic E-state index is 2.28. The number of anilines is 6. The molecule has 0 amide bonds. The Kier molecular flexibility index (Phi) is 20.6. The van der Waals surface area contributed by atoms with Crippen molar-refractivity contribution in [1.82, 2.24) is 0 Å². The molecular formula is C60H64N2. The Morgan fingerprint density at radius 1 is 0.210 bits per heavy atom. The van der Waals surface area contributed by atoms with Crippen LogP contribution in [-0.2, 0) is 0 Å². The van der Waals surface area contributed by atoms with Gasteiger partial charge in [0.25, 0.3) is 0 Å². The van der Waals surface area contributed by atoms with Crippen molar-refractivity contribution in [3.8, 4) is 11.1 Å². The van der Waals surface area contributed by atoms with Gasteiger partial charge >= 0.3 is 0 Å². The smallest absolute Gasteiger partial charge is 0.0462 e. The second kappa shape index (κ2) is 26.8. The Bertz CT molecular complexity index is 2160. The van der Waals surface area contributed by atoms with Gasteiger partial charge in [-0.05, 0) is 106 Å². The summed E-state index contributed by atoms with van der Waals surface area (Å²) in [4.78, 5) is 4.56. The Hall–Kier alpha value is -7.16. The van der Waals surface area contributed by atoms with Gasteiger partial charge in [-0.15, -0.1) is 0 Å². The molecule has 8 rings (SSSR count). The van der Waals surface area contributed by atoms with Gasteiger partial charge in [0.15, 0.2) is 0 Å². The highest BCUT2D eigenvalue weighted by molar-refractivity contribution is 5.80. The van der Waals surface area contributed by atoms with Crippen LogP contribution in [0.5, 0.6) is 0 Å². The molecule has 2 nitrogen and oxygen atoms in total. The van der Waals surface area contributed by atoms with Crippen LogP contribution in [-0.4, -0.2) is 0 Å². The number of para-hydroxylation sites is 4. The zero-order chi connectivity index (χ0) is 44.4. The van der Waals surface area contributed by atoms with Crippen molar-refractivity contribution in [3.63, 3.8) is 0 Å². The topological polar surface area (TPSA) is 6.48 Å². The van der Waals surface area contributed by atoms with E-state index >= 15 is 0 Å². The third-order valence-corrected chi connectivity index (χ3v) is 9.45. The van der Waals surface area contributed by atoms with Crippen molar-refractivity contribution in [1.29, 1.82) is 0 Å². The summed E-state index contributed by atoms with van der Waals surface area (Å²) in [5.41, 5.74) is 13.8. The first-order valence-electron chi connectivity index (χ1n) is 22.3. The van der Waals surface area contributed by atoms with E-state index < -0.39 is 0 Å². The fourth-order valence-corrected chi connectivity index (χ4v) is 6.63. The number of nitrogens with zero attached hydrogens (tertiary/aromatic N) is 2. The van der Waals surface area contributed by atoms with Gasteiger partial charge in [0, 0.05) is 34.1 Å². The monoisotopic (exact) mass is 813 g/mol. The SMILES string of the molecule is C(=C\c1ccc(N(c2ccccc2)c2ccccc2)cc1)/c1ccc(-c2ccc(/C=C/c3ccc(N(c4ccccc4)c4ccccc4)cc3)cc2)cc1.CC.CC.CC.CC. The van der Waals surface area contributed by atoms with Crippen molar-refractivity contribution < 1.29 is 0 Å². The molecule has 0 spiro atoms. The number of rotatable bonds is 11. The summed E-state index contributed by atoms with van der Waals surface area (Å²) in [5, 5.41) is 0. The maximum atomic E-state index is 2.28. The van der Waals surface area contributed by atoms with Crippen LogP contribution in [0.15, 0.2) is 218 Å². The molecule has 314 valence electrons. The van der Waals surface area contributed by atoms with E-state index in [0.717, 1.165) is 45.3 Å². The molecule has 62 heavy (non-hydrogen) atoms. The lowest BCUT2D eigenvalue weighted by molar-refractivity contribution is 1.28. The molecule has 8 aromatic rings. The maximum Gasteiger partial charge on any atom is 0.0462 e. The van der Waals surface area contributed by atoms with Crippen molar-refractivity contribution in [3.05, 3.63) is 241 Å². The van der Waals surface area contributed by atoms with Crippen LogP contribution in [0.3, 0.4) is 0 Å². The normalized spacial score (nSPS) is 10.1. The quantitative estimate of drug-likeness (QED) is 0.120. The first kappa shape index (κ1) is 47.5.